The van der Waals surface area contributed by atoms with Gasteiger partial charge in [-0.1, -0.05) is 0 Å². The van der Waals surface area contributed by atoms with Crippen molar-refractivity contribution in [2.75, 3.05) is 25.0 Å². The molecule has 0 unspecified atom stereocenters. The molecule has 3 N–H and O–H groups in total. The van der Waals surface area contributed by atoms with Gasteiger partial charge in [-0.2, -0.15) is 13.2 Å². The van der Waals surface area contributed by atoms with Gasteiger partial charge in [-0.3, -0.25) is 4.79 Å². The van der Waals surface area contributed by atoms with E-state index in [-0.39, 0.29) is 18.0 Å². The number of piperidine rings is 1. The van der Waals surface area contributed by atoms with E-state index in [9.17, 15) is 23.1 Å². The molecule has 0 bridgehead atoms. The van der Waals surface area contributed by atoms with Gasteiger partial charge in [0.2, 0.25) is 0 Å². The third kappa shape index (κ3) is 6.06. The summed E-state index contributed by atoms with van der Waals surface area (Å²) >= 11 is 0. The number of nitrogens with one attached hydrogen (secondary N) is 1. The molecule has 0 aliphatic carbocycles. The minimum Gasteiger partial charge on any atom is -0.507 e. The summed E-state index contributed by atoms with van der Waals surface area (Å²) in [5.74, 6) is -0.751. The van der Waals surface area contributed by atoms with E-state index < -0.39 is 23.5 Å². The lowest BCUT2D eigenvalue weighted by Crippen LogP contribution is -2.42. The molecule has 0 saturated carbocycles. The summed E-state index contributed by atoms with van der Waals surface area (Å²) in [4.78, 5) is 12.9. The Morgan fingerprint density at radius 1 is 1.29 bits per heavy atom. The number of aryl methyl sites for hydroxylation is 1. The number of phenols is 1. The van der Waals surface area contributed by atoms with Gasteiger partial charge >= 0.3 is 12.1 Å². The number of hydrogen-bond acceptors (Lipinski definition) is 6. The van der Waals surface area contributed by atoms with Crippen LogP contribution in [0, 0.1) is 6.92 Å². The number of rotatable bonds is 7. The zero-order valence-corrected chi connectivity index (χ0v) is 17.1. The molecule has 1 fully saturated rings. The molecule has 31 heavy (non-hydrogen) atoms. The van der Waals surface area contributed by atoms with Crippen LogP contribution in [0.15, 0.2) is 24.3 Å². The number of alkyl halides is 3. The Hall–Kier alpha value is -2.88. The van der Waals surface area contributed by atoms with E-state index in [0.29, 0.717) is 29.6 Å². The minimum absolute atomic E-state index is 0.137. The van der Waals surface area contributed by atoms with Crippen molar-refractivity contribution in [1.29, 1.82) is 0 Å². The molecule has 1 aliphatic rings. The lowest BCUT2D eigenvalue weighted by molar-refractivity contribution is -0.138. The molecule has 0 spiro atoms. The first-order valence-electron chi connectivity index (χ1n) is 10.1. The molecule has 0 radical (unpaired) electrons. The van der Waals surface area contributed by atoms with Crippen LogP contribution >= 0.6 is 0 Å². The third-order valence-electron chi connectivity index (χ3n) is 5.29. The molecule has 2 aromatic rings. The van der Waals surface area contributed by atoms with Crippen molar-refractivity contribution in [2.45, 2.75) is 44.8 Å². The summed E-state index contributed by atoms with van der Waals surface area (Å²) < 4.78 is 38.4. The first-order valence-corrected chi connectivity index (χ1v) is 10.1. The second kappa shape index (κ2) is 9.51. The molecular weight excluding hydrogens is 413 g/mol. The smallest absolute Gasteiger partial charge is 0.416 e. The van der Waals surface area contributed by atoms with Gasteiger partial charge in [0.1, 0.15) is 11.6 Å². The van der Waals surface area contributed by atoms with E-state index in [0.717, 1.165) is 38.5 Å². The lowest BCUT2D eigenvalue weighted by atomic mass is 10.0. The Labute approximate surface area is 177 Å². The molecule has 1 atom stereocenters. The van der Waals surface area contributed by atoms with Crippen LogP contribution in [0.5, 0.6) is 5.75 Å². The number of aliphatic carboxylic acids is 1. The van der Waals surface area contributed by atoms with Gasteiger partial charge < -0.3 is 20.4 Å². The number of carboxylic acids is 1. The zero-order chi connectivity index (χ0) is 22.6. The van der Waals surface area contributed by atoms with E-state index in [1.165, 1.54) is 6.07 Å². The zero-order valence-electron chi connectivity index (χ0n) is 17.1. The van der Waals surface area contributed by atoms with Gasteiger partial charge in [-0.05, 0) is 69.1 Å². The monoisotopic (exact) mass is 438 g/mol. The fraction of sp³-hybridized carbons (Fsp3) is 0.476. The molecule has 3 rings (SSSR count). The van der Waals surface area contributed by atoms with Gasteiger partial charge in [0, 0.05) is 24.6 Å². The van der Waals surface area contributed by atoms with Crippen LogP contribution in [0.4, 0.5) is 19.0 Å². The number of halogens is 3. The van der Waals surface area contributed by atoms with Crippen LogP contribution in [-0.2, 0) is 11.0 Å². The maximum Gasteiger partial charge on any atom is 0.416 e. The van der Waals surface area contributed by atoms with E-state index >= 15 is 0 Å². The number of aromatic hydroxyl groups is 1. The van der Waals surface area contributed by atoms with Crippen LogP contribution in [0.1, 0.15) is 36.8 Å². The van der Waals surface area contributed by atoms with Crippen molar-refractivity contribution in [3.8, 4) is 17.0 Å². The summed E-state index contributed by atoms with van der Waals surface area (Å²) in [6, 6.07) is 4.67. The van der Waals surface area contributed by atoms with Crippen molar-refractivity contribution in [3.63, 3.8) is 0 Å². The molecule has 10 heteroatoms. The topological polar surface area (TPSA) is 98.6 Å². The predicted molar refractivity (Wildman–Crippen MR) is 109 cm³/mol. The number of anilines is 1. The molecule has 7 nitrogen and oxygen atoms in total. The van der Waals surface area contributed by atoms with Crippen molar-refractivity contribution >= 4 is 11.8 Å². The number of benzene rings is 1. The highest BCUT2D eigenvalue weighted by Gasteiger charge is 2.31. The number of likely N-dealkylation sites (tertiary alicyclic amines) is 1. The predicted octanol–water partition coefficient (Wildman–Crippen LogP) is 3.92. The Balaban J connectivity index is 1.66. The molecular formula is C21H25F3N4O3. The van der Waals surface area contributed by atoms with Gasteiger partial charge in [0.05, 0.1) is 11.3 Å². The standard InChI is InChI=1S/C21H25F3N4O3/c1-13-10-18(25-15-4-2-8-28(12-15)9-3-5-19(30)31)26-27-20(13)16-7-6-14(11-17(16)29)21(22,23)24/h6-7,10-11,15,29H,2-5,8-9,12H2,1H3,(H,25,26)(H,30,31)/t15-/m1/s1. The van der Waals surface area contributed by atoms with Gasteiger partial charge in [0.15, 0.2) is 0 Å². The van der Waals surface area contributed by atoms with Crippen molar-refractivity contribution in [2.24, 2.45) is 0 Å². The normalized spacial score (nSPS) is 17.5. The summed E-state index contributed by atoms with van der Waals surface area (Å²) in [5.41, 5.74) is 0.243. The average Bonchev–Trinajstić information content (AvgIpc) is 2.68. The van der Waals surface area contributed by atoms with Crippen molar-refractivity contribution in [1.82, 2.24) is 15.1 Å². The fourth-order valence-corrected chi connectivity index (χ4v) is 3.77. The van der Waals surface area contributed by atoms with Crippen molar-refractivity contribution < 1.29 is 28.2 Å². The van der Waals surface area contributed by atoms with E-state index in [4.69, 9.17) is 5.11 Å². The second-order valence-corrected chi connectivity index (χ2v) is 7.77. The van der Waals surface area contributed by atoms with E-state index in [1.54, 1.807) is 13.0 Å². The second-order valence-electron chi connectivity index (χ2n) is 7.77. The van der Waals surface area contributed by atoms with Gasteiger partial charge in [-0.15, -0.1) is 10.2 Å². The highest BCUT2D eigenvalue weighted by atomic mass is 19.4. The molecule has 1 aromatic heterocycles. The van der Waals surface area contributed by atoms with Crippen LogP contribution in [0.2, 0.25) is 0 Å². The molecule has 1 aromatic carbocycles. The third-order valence-corrected chi connectivity index (χ3v) is 5.29. The number of aromatic nitrogens is 2. The Kier molecular flexibility index (Phi) is 6.99. The van der Waals surface area contributed by atoms with Crippen molar-refractivity contribution in [3.05, 3.63) is 35.4 Å². The van der Waals surface area contributed by atoms with Gasteiger partial charge in [-0.25, -0.2) is 0 Å². The first kappa shape index (κ1) is 22.8. The van der Waals surface area contributed by atoms with Crippen LogP contribution < -0.4 is 5.32 Å². The molecule has 168 valence electrons. The highest BCUT2D eigenvalue weighted by Crippen LogP contribution is 2.36. The SMILES string of the molecule is Cc1cc(N[C@@H]2CCCN(CCCC(=O)O)C2)nnc1-c1ccc(C(F)(F)F)cc1O. The Morgan fingerprint density at radius 2 is 2.06 bits per heavy atom. The summed E-state index contributed by atoms with van der Waals surface area (Å²) in [6.07, 6.45) is -1.86. The number of phenolic OH excluding ortho intramolecular Hbond substituents is 1. The number of hydrogen-bond donors (Lipinski definition) is 3. The Bertz CT molecular complexity index is 937. The lowest BCUT2D eigenvalue weighted by Gasteiger charge is -2.33. The molecule has 2 heterocycles. The van der Waals surface area contributed by atoms with Crippen LogP contribution in [-0.4, -0.2) is 57.0 Å². The summed E-state index contributed by atoms with van der Waals surface area (Å²) in [6.45, 7) is 4.17. The molecule has 0 amide bonds. The average molecular weight is 438 g/mol. The minimum atomic E-state index is -4.54. The fourth-order valence-electron chi connectivity index (χ4n) is 3.77. The quantitative estimate of drug-likeness (QED) is 0.603. The van der Waals surface area contributed by atoms with Gasteiger partial charge in [0.25, 0.3) is 0 Å². The van der Waals surface area contributed by atoms with Crippen LogP contribution in [0.25, 0.3) is 11.3 Å². The Morgan fingerprint density at radius 3 is 2.71 bits per heavy atom. The highest BCUT2D eigenvalue weighted by molar-refractivity contribution is 5.70. The molecule has 1 aliphatic heterocycles. The summed E-state index contributed by atoms with van der Waals surface area (Å²) in [5, 5.41) is 30.4. The first-order chi connectivity index (χ1) is 14.6. The number of carbonyl (C=O) groups is 1. The maximum absolute atomic E-state index is 12.8. The van der Waals surface area contributed by atoms with E-state index in [2.05, 4.69) is 20.4 Å². The largest absolute Gasteiger partial charge is 0.507 e. The summed E-state index contributed by atoms with van der Waals surface area (Å²) in [7, 11) is 0. The van der Waals surface area contributed by atoms with E-state index in [1.807, 2.05) is 0 Å². The number of carboxylic acid groups (broad SMARTS) is 1. The molecule has 1 saturated heterocycles. The maximum atomic E-state index is 12.8. The number of nitrogens with zero attached hydrogens (tertiary/aromatic N) is 3. The van der Waals surface area contributed by atoms with Crippen LogP contribution in [0.3, 0.4) is 0 Å².